The van der Waals surface area contributed by atoms with Gasteiger partial charge in [0, 0.05) is 31.7 Å². The first-order valence-corrected chi connectivity index (χ1v) is 10.4. The molecule has 4 rings (SSSR count). The predicted octanol–water partition coefficient (Wildman–Crippen LogP) is 3.70. The van der Waals surface area contributed by atoms with Gasteiger partial charge in [-0.2, -0.15) is 0 Å². The summed E-state index contributed by atoms with van der Waals surface area (Å²) in [6, 6.07) is 9.50. The van der Waals surface area contributed by atoms with Crippen LogP contribution in [0.5, 0.6) is 0 Å². The quantitative estimate of drug-likeness (QED) is 0.770. The van der Waals surface area contributed by atoms with E-state index in [2.05, 4.69) is 21.9 Å². The molecule has 0 bridgehead atoms. The highest BCUT2D eigenvalue weighted by Crippen LogP contribution is 2.38. The van der Waals surface area contributed by atoms with Crippen LogP contribution in [0, 0.1) is 5.92 Å². The minimum absolute atomic E-state index is 0.254. The van der Waals surface area contributed by atoms with Gasteiger partial charge in [0.1, 0.15) is 0 Å². The topological polar surface area (TPSA) is 32.8 Å². The fraction of sp³-hybridized carbons (Fsp3) is 0.682. The van der Waals surface area contributed by atoms with Gasteiger partial charge in [-0.3, -0.25) is 9.80 Å². The van der Waals surface area contributed by atoms with Gasteiger partial charge in [0.25, 0.3) is 0 Å². The Morgan fingerprint density at radius 3 is 2.50 bits per heavy atom. The normalized spacial score (nSPS) is 28.0. The molecule has 0 radical (unpaired) electrons. The number of benzene rings is 1. The lowest BCUT2D eigenvalue weighted by Crippen LogP contribution is -2.59. The van der Waals surface area contributed by atoms with Crippen molar-refractivity contribution in [1.29, 1.82) is 0 Å². The van der Waals surface area contributed by atoms with Crippen LogP contribution in [0.1, 0.15) is 60.9 Å². The molecule has 0 N–H and O–H groups in total. The van der Waals surface area contributed by atoms with Crippen molar-refractivity contribution in [3.05, 3.63) is 35.4 Å². The van der Waals surface area contributed by atoms with Gasteiger partial charge >= 0.3 is 5.97 Å². The molecule has 3 fully saturated rings. The Hall–Kier alpha value is -1.39. The van der Waals surface area contributed by atoms with Crippen molar-refractivity contribution in [3.63, 3.8) is 0 Å². The van der Waals surface area contributed by atoms with Crippen molar-refractivity contribution >= 4 is 5.97 Å². The minimum atomic E-state index is -0.254. The predicted molar refractivity (Wildman–Crippen MR) is 103 cm³/mol. The third kappa shape index (κ3) is 3.67. The van der Waals surface area contributed by atoms with Crippen LogP contribution in [0.25, 0.3) is 0 Å². The summed E-state index contributed by atoms with van der Waals surface area (Å²) in [5.74, 6) is 0.611. The Balaban J connectivity index is 1.50. The molecule has 26 heavy (non-hydrogen) atoms. The number of esters is 1. The summed E-state index contributed by atoms with van der Waals surface area (Å²) < 4.78 is 4.81. The maximum atomic E-state index is 11.7. The third-order valence-electron chi connectivity index (χ3n) is 6.80. The molecule has 1 aliphatic carbocycles. The van der Waals surface area contributed by atoms with Crippen LogP contribution in [0.2, 0.25) is 0 Å². The molecule has 0 amide bonds. The smallest absolute Gasteiger partial charge is 0.337 e. The Morgan fingerprint density at radius 1 is 1.00 bits per heavy atom. The molecule has 3 aliphatic rings. The molecule has 142 valence electrons. The molecule has 0 spiro atoms. The van der Waals surface area contributed by atoms with Crippen molar-refractivity contribution in [1.82, 2.24) is 9.80 Å². The highest BCUT2D eigenvalue weighted by atomic mass is 16.5. The number of nitrogens with zero attached hydrogens (tertiary/aromatic N) is 2. The van der Waals surface area contributed by atoms with Crippen molar-refractivity contribution < 1.29 is 9.53 Å². The maximum Gasteiger partial charge on any atom is 0.337 e. The molecule has 1 aromatic rings. The summed E-state index contributed by atoms with van der Waals surface area (Å²) in [6.45, 7) is 4.70. The van der Waals surface area contributed by atoms with E-state index in [1.807, 2.05) is 12.1 Å². The number of fused-ring (bicyclic) bond motifs is 1. The van der Waals surface area contributed by atoms with Gasteiger partial charge in [-0.15, -0.1) is 0 Å². The summed E-state index contributed by atoms with van der Waals surface area (Å²) in [5.41, 5.74) is 1.95. The largest absolute Gasteiger partial charge is 0.465 e. The van der Waals surface area contributed by atoms with Gasteiger partial charge in [0.05, 0.1) is 12.7 Å². The third-order valence-corrected chi connectivity index (χ3v) is 6.80. The first kappa shape index (κ1) is 18.0. The average molecular weight is 357 g/mol. The van der Waals surface area contributed by atoms with Gasteiger partial charge in [0.2, 0.25) is 0 Å². The number of piperazine rings is 1. The Labute approximate surface area is 157 Å². The zero-order valence-electron chi connectivity index (χ0n) is 16.0. The van der Waals surface area contributed by atoms with Crippen LogP contribution in [-0.4, -0.2) is 54.6 Å². The van der Waals surface area contributed by atoms with Gasteiger partial charge in [0.15, 0.2) is 0 Å². The number of carbonyl (C=O) groups is 1. The first-order chi connectivity index (χ1) is 12.8. The lowest BCUT2D eigenvalue weighted by Gasteiger charge is -2.49. The molecule has 4 heteroatoms. The van der Waals surface area contributed by atoms with E-state index >= 15 is 0 Å². The number of hydrogen-bond donors (Lipinski definition) is 0. The van der Waals surface area contributed by atoms with E-state index in [0.29, 0.717) is 11.6 Å². The average Bonchev–Trinajstić information content (AvgIpc) is 3.17. The van der Waals surface area contributed by atoms with Crippen molar-refractivity contribution in [2.24, 2.45) is 5.92 Å². The number of carbonyl (C=O) groups excluding carboxylic acids is 1. The second-order valence-electron chi connectivity index (χ2n) is 8.29. The van der Waals surface area contributed by atoms with E-state index in [1.165, 1.54) is 77.3 Å². The molecule has 0 unspecified atom stereocenters. The van der Waals surface area contributed by atoms with Crippen LogP contribution in [0.3, 0.4) is 0 Å². The SMILES string of the molecule is COC(=O)c1ccc(CN2CCN3CCC[C@@H]3[C@H]2C2CCCCC2)cc1. The molecule has 1 saturated carbocycles. The second-order valence-corrected chi connectivity index (χ2v) is 8.29. The first-order valence-electron chi connectivity index (χ1n) is 10.4. The minimum Gasteiger partial charge on any atom is -0.465 e. The summed E-state index contributed by atoms with van der Waals surface area (Å²) in [5, 5.41) is 0. The summed E-state index contributed by atoms with van der Waals surface area (Å²) in [6.07, 6.45) is 9.81. The highest BCUT2D eigenvalue weighted by molar-refractivity contribution is 5.89. The highest BCUT2D eigenvalue weighted by Gasteiger charge is 2.42. The van der Waals surface area contributed by atoms with Gasteiger partial charge in [-0.1, -0.05) is 31.4 Å². The summed E-state index contributed by atoms with van der Waals surface area (Å²) in [7, 11) is 1.44. The molecule has 2 heterocycles. The van der Waals surface area contributed by atoms with Crippen LogP contribution in [0.4, 0.5) is 0 Å². The van der Waals surface area contributed by atoms with E-state index in [1.54, 1.807) is 0 Å². The van der Waals surface area contributed by atoms with E-state index in [9.17, 15) is 4.79 Å². The molecular weight excluding hydrogens is 324 g/mol. The van der Waals surface area contributed by atoms with Gasteiger partial charge in [-0.05, 0) is 55.8 Å². The van der Waals surface area contributed by atoms with E-state index in [-0.39, 0.29) is 5.97 Å². The van der Waals surface area contributed by atoms with Crippen LogP contribution in [-0.2, 0) is 11.3 Å². The molecule has 1 aromatic carbocycles. The Bertz CT molecular complexity index is 609. The fourth-order valence-electron chi connectivity index (χ4n) is 5.54. The number of methoxy groups -OCH3 is 1. The van der Waals surface area contributed by atoms with Crippen LogP contribution >= 0.6 is 0 Å². The Kier molecular flexibility index (Phi) is 5.60. The molecule has 2 atom stereocenters. The summed E-state index contributed by atoms with van der Waals surface area (Å²) >= 11 is 0. The van der Waals surface area contributed by atoms with Gasteiger partial charge in [-0.25, -0.2) is 4.79 Å². The molecule has 0 aromatic heterocycles. The van der Waals surface area contributed by atoms with Crippen molar-refractivity contribution in [2.45, 2.75) is 63.6 Å². The lowest BCUT2D eigenvalue weighted by atomic mass is 9.78. The number of ether oxygens (including phenoxy) is 1. The maximum absolute atomic E-state index is 11.7. The zero-order valence-corrected chi connectivity index (χ0v) is 16.0. The molecule has 2 saturated heterocycles. The molecule has 4 nitrogen and oxygen atoms in total. The fourth-order valence-corrected chi connectivity index (χ4v) is 5.54. The van der Waals surface area contributed by atoms with E-state index in [4.69, 9.17) is 4.74 Å². The van der Waals surface area contributed by atoms with Crippen molar-refractivity contribution in [3.8, 4) is 0 Å². The van der Waals surface area contributed by atoms with Crippen molar-refractivity contribution in [2.75, 3.05) is 26.7 Å². The second kappa shape index (κ2) is 8.10. The monoisotopic (exact) mass is 356 g/mol. The van der Waals surface area contributed by atoms with Crippen LogP contribution in [0.15, 0.2) is 24.3 Å². The zero-order chi connectivity index (χ0) is 17.9. The Morgan fingerprint density at radius 2 is 1.77 bits per heavy atom. The standard InChI is InChI=1S/C22H32N2O2/c1-26-22(25)19-11-9-17(10-12-19)16-24-15-14-23-13-5-8-20(23)21(24)18-6-3-2-4-7-18/h9-12,18,20-21H,2-8,13-16H2,1H3/t20-,21-/m1/s1. The molecule has 2 aliphatic heterocycles. The molecular formula is C22H32N2O2. The van der Waals surface area contributed by atoms with E-state index < -0.39 is 0 Å². The van der Waals surface area contributed by atoms with Crippen LogP contribution < -0.4 is 0 Å². The lowest BCUT2D eigenvalue weighted by molar-refractivity contribution is -0.00380. The number of hydrogen-bond acceptors (Lipinski definition) is 4. The van der Waals surface area contributed by atoms with Gasteiger partial charge < -0.3 is 4.74 Å². The van der Waals surface area contributed by atoms with E-state index in [0.717, 1.165) is 18.5 Å². The number of rotatable bonds is 4. The summed E-state index contributed by atoms with van der Waals surface area (Å²) in [4.78, 5) is 17.2.